The lowest BCUT2D eigenvalue weighted by Crippen LogP contribution is -2.48. The Kier molecular flexibility index (Phi) is 5.88. The highest BCUT2D eigenvalue weighted by molar-refractivity contribution is 6.35. The molecule has 88 valence electrons. The summed E-state index contributed by atoms with van der Waals surface area (Å²) < 4.78 is 4.75. The highest BCUT2D eigenvalue weighted by atomic mass is 16.5. The average molecular weight is 218 g/mol. The van der Waals surface area contributed by atoms with Gasteiger partial charge in [-0.05, 0) is 13.8 Å². The molecule has 0 fully saturated rings. The van der Waals surface area contributed by atoms with Crippen molar-refractivity contribution in [2.45, 2.75) is 19.4 Å². The molecule has 0 bridgehead atoms. The summed E-state index contributed by atoms with van der Waals surface area (Å²) in [7, 11) is 1.44. The number of methoxy groups -OCH3 is 1. The van der Waals surface area contributed by atoms with Gasteiger partial charge in [0.25, 0.3) is 0 Å². The molecule has 0 aliphatic rings. The zero-order valence-electron chi connectivity index (χ0n) is 9.29. The van der Waals surface area contributed by atoms with E-state index in [4.69, 9.17) is 4.74 Å². The van der Waals surface area contributed by atoms with Crippen LogP contribution in [0, 0.1) is 0 Å². The zero-order valence-corrected chi connectivity index (χ0v) is 9.29. The topological polar surface area (TPSA) is 87.7 Å². The van der Waals surface area contributed by atoms with Crippen molar-refractivity contribution in [1.29, 1.82) is 0 Å². The molecule has 3 N–H and O–H groups in total. The van der Waals surface area contributed by atoms with Crippen LogP contribution in [-0.2, 0) is 14.3 Å². The first-order chi connectivity index (χ1) is 6.93. The summed E-state index contributed by atoms with van der Waals surface area (Å²) in [6.45, 7) is 3.67. The van der Waals surface area contributed by atoms with Gasteiger partial charge in [-0.1, -0.05) is 0 Å². The zero-order chi connectivity index (χ0) is 11.9. The Morgan fingerprint density at radius 3 is 2.33 bits per heavy atom. The average Bonchev–Trinajstić information content (AvgIpc) is 2.14. The number of hydrogen-bond acceptors (Lipinski definition) is 4. The smallest absolute Gasteiger partial charge is 0.309 e. The minimum atomic E-state index is -1.17. The first kappa shape index (κ1) is 13.9. The van der Waals surface area contributed by atoms with Gasteiger partial charge < -0.3 is 20.5 Å². The third kappa shape index (κ3) is 6.03. The molecule has 0 rings (SSSR count). The number of nitrogens with one attached hydrogen (secondary N) is 2. The van der Waals surface area contributed by atoms with Crippen molar-refractivity contribution in [3.05, 3.63) is 0 Å². The van der Waals surface area contributed by atoms with Gasteiger partial charge in [0.05, 0.1) is 6.61 Å². The third-order valence-corrected chi connectivity index (χ3v) is 1.63. The summed E-state index contributed by atoms with van der Waals surface area (Å²) in [5.41, 5.74) is -1.17. The van der Waals surface area contributed by atoms with Crippen molar-refractivity contribution >= 4 is 11.8 Å². The van der Waals surface area contributed by atoms with E-state index in [0.29, 0.717) is 6.54 Å². The molecule has 0 aromatic heterocycles. The van der Waals surface area contributed by atoms with Gasteiger partial charge in [-0.25, -0.2) is 0 Å². The fourth-order valence-electron chi connectivity index (χ4n) is 0.954. The van der Waals surface area contributed by atoms with Gasteiger partial charge in [0.15, 0.2) is 0 Å². The van der Waals surface area contributed by atoms with Crippen molar-refractivity contribution in [3.8, 4) is 0 Å². The van der Waals surface area contributed by atoms with Crippen molar-refractivity contribution in [3.63, 3.8) is 0 Å². The Morgan fingerprint density at radius 2 is 1.87 bits per heavy atom. The summed E-state index contributed by atoms with van der Waals surface area (Å²) in [5.74, 6) is -1.46. The lowest BCUT2D eigenvalue weighted by molar-refractivity contribution is -0.140. The predicted molar refractivity (Wildman–Crippen MR) is 54.2 cm³/mol. The minimum Gasteiger partial charge on any atom is -0.386 e. The Morgan fingerprint density at radius 1 is 1.33 bits per heavy atom. The maximum atomic E-state index is 11.1. The number of hydrogen-bond donors (Lipinski definition) is 3. The fourth-order valence-corrected chi connectivity index (χ4v) is 0.954. The number of aliphatic hydroxyl groups is 1. The molecule has 0 aliphatic heterocycles. The van der Waals surface area contributed by atoms with Crippen LogP contribution in [0.3, 0.4) is 0 Å². The first-order valence-electron chi connectivity index (χ1n) is 4.70. The second kappa shape index (κ2) is 6.36. The lowest BCUT2D eigenvalue weighted by Gasteiger charge is -2.22. The van der Waals surface area contributed by atoms with E-state index in [9.17, 15) is 14.7 Å². The maximum absolute atomic E-state index is 11.1. The molecule has 0 aliphatic carbocycles. The van der Waals surface area contributed by atoms with Crippen molar-refractivity contribution in [2.75, 3.05) is 26.8 Å². The molecule has 1 unspecified atom stereocenters. The lowest BCUT2D eigenvalue weighted by atomic mass is 10.1. The summed E-state index contributed by atoms with van der Waals surface area (Å²) >= 11 is 0. The van der Waals surface area contributed by atoms with Gasteiger partial charge in [0, 0.05) is 20.2 Å². The molecular formula is C9H18N2O4. The Hall–Kier alpha value is -1.14. The standard InChI is InChI=1S/C9H18N2O4/c1-4-10-7(12)8(13)11-5-9(2,14)6-15-3/h14H,4-6H2,1-3H3,(H,10,12)(H,11,13). The number of likely N-dealkylation sites (N-methyl/N-ethyl adjacent to an activating group) is 1. The molecule has 0 aromatic carbocycles. The molecule has 6 nitrogen and oxygen atoms in total. The quantitative estimate of drug-likeness (QED) is 0.497. The number of ether oxygens (including phenoxy) is 1. The van der Waals surface area contributed by atoms with Gasteiger partial charge in [-0.2, -0.15) is 0 Å². The third-order valence-electron chi connectivity index (χ3n) is 1.63. The summed E-state index contributed by atoms with van der Waals surface area (Å²) in [4.78, 5) is 22.1. The fraction of sp³-hybridized carbons (Fsp3) is 0.778. The Bertz CT molecular complexity index is 228. The molecule has 15 heavy (non-hydrogen) atoms. The first-order valence-corrected chi connectivity index (χ1v) is 4.70. The number of rotatable bonds is 5. The van der Waals surface area contributed by atoms with Gasteiger partial charge in [-0.3, -0.25) is 9.59 Å². The van der Waals surface area contributed by atoms with Crippen LogP contribution in [0.1, 0.15) is 13.8 Å². The van der Waals surface area contributed by atoms with E-state index in [1.807, 2.05) is 0 Å². The highest BCUT2D eigenvalue weighted by Gasteiger charge is 2.22. The molecule has 0 aromatic rings. The number of amides is 2. The summed E-state index contributed by atoms with van der Waals surface area (Å²) in [6, 6.07) is 0. The second-order valence-electron chi connectivity index (χ2n) is 3.47. The van der Waals surface area contributed by atoms with E-state index < -0.39 is 17.4 Å². The largest absolute Gasteiger partial charge is 0.386 e. The molecular weight excluding hydrogens is 200 g/mol. The van der Waals surface area contributed by atoms with E-state index in [-0.39, 0.29) is 13.2 Å². The van der Waals surface area contributed by atoms with E-state index >= 15 is 0 Å². The van der Waals surface area contributed by atoms with Gasteiger partial charge in [0.2, 0.25) is 0 Å². The van der Waals surface area contributed by atoms with E-state index in [0.717, 1.165) is 0 Å². The van der Waals surface area contributed by atoms with Crippen LogP contribution in [0.15, 0.2) is 0 Å². The molecule has 6 heteroatoms. The Labute approximate surface area is 89.0 Å². The van der Waals surface area contributed by atoms with E-state index in [1.54, 1.807) is 6.92 Å². The SMILES string of the molecule is CCNC(=O)C(=O)NCC(C)(O)COC. The maximum Gasteiger partial charge on any atom is 0.309 e. The van der Waals surface area contributed by atoms with Crippen LogP contribution in [0.25, 0.3) is 0 Å². The molecule has 2 amide bonds. The van der Waals surface area contributed by atoms with Gasteiger partial charge >= 0.3 is 11.8 Å². The molecule has 0 radical (unpaired) electrons. The van der Waals surface area contributed by atoms with Gasteiger partial charge in [0.1, 0.15) is 5.60 Å². The Balaban J connectivity index is 3.94. The second-order valence-corrected chi connectivity index (χ2v) is 3.47. The van der Waals surface area contributed by atoms with Crippen molar-refractivity contribution in [1.82, 2.24) is 10.6 Å². The summed E-state index contributed by atoms with van der Waals surface area (Å²) in [5, 5.41) is 14.3. The number of carbonyl (C=O) groups excluding carboxylic acids is 2. The molecule has 0 saturated carbocycles. The van der Waals surface area contributed by atoms with Crippen LogP contribution in [0.2, 0.25) is 0 Å². The van der Waals surface area contributed by atoms with Crippen molar-refractivity contribution < 1.29 is 19.4 Å². The highest BCUT2D eigenvalue weighted by Crippen LogP contribution is 2.00. The van der Waals surface area contributed by atoms with Gasteiger partial charge in [-0.15, -0.1) is 0 Å². The van der Waals surface area contributed by atoms with Crippen LogP contribution in [0.4, 0.5) is 0 Å². The molecule has 0 saturated heterocycles. The van der Waals surface area contributed by atoms with Crippen LogP contribution in [-0.4, -0.2) is 49.3 Å². The summed E-state index contributed by atoms with van der Waals surface area (Å²) in [6.07, 6.45) is 0. The molecule has 0 spiro atoms. The van der Waals surface area contributed by atoms with Crippen LogP contribution < -0.4 is 10.6 Å². The van der Waals surface area contributed by atoms with E-state index in [1.165, 1.54) is 14.0 Å². The molecule has 0 heterocycles. The van der Waals surface area contributed by atoms with Crippen molar-refractivity contribution in [2.24, 2.45) is 0 Å². The number of carbonyl (C=O) groups is 2. The molecule has 1 atom stereocenters. The van der Waals surface area contributed by atoms with E-state index in [2.05, 4.69) is 10.6 Å². The monoisotopic (exact) mass is 218 g/mol. The van der Waals surface area contributed by atoms with Crippen LogP contribution >= 0.6 is 0 Å². The van der Waals surface area contributed by atoms with Crippen LogP contribution in [0.5, 0.6) is 0 Å². The minimum absolute atomic E-state index is 0.0309. The predicted octanol–water partition coefficient (Wildman–Crippen LogP) is -1.36. The normalized spacial score (nSPS) is 14.1.